The first kappa shape index (κ1) is 8.14. The molecule has 0 heterocycles. The van der Waals surface area contributed by atoms with Gasteiger partial charge in [-0.25, -0.2) is 9.79 Å². The largest absolute Gasteiger partial charge is 0.350 e. The zero-order valence-corrected chi connectivity index (χ0v) is 6.01. The van der Waals surface area contributed by atoms with Crippen molar-refractivity contribution >= 4 is 12.2 Å². The number of rotatable bonds is 0. The Bertz CT molecular complexity index is 132. The summed E-state index contributed by atoms with van der Waals surface area (Å²) in [5.41, 5.74) is 4.70. The average Bonchev–Trinajstić information content (AvgIpc) is 1.59. The Morgan fingerprint density at radius 2 is 2.00 bits per heavy atom. The molecule has 0 aliphatic heterocycles. The van der Waals surface area contributed by atoms with Gasteiger partial charge in [-0.05, 0) is 5.41 Å². The first-order valence-corrected chi connectivity index (χ1v) is 2.76. The highest BCUT2D eigenvalue weighted by Gasteiger charge is 2.04. The number of aliphatic imine (C=N–C) groups is 1. The van der Waals surface area contributed by atoms with Crippen LogP contribution >= 0.6 is 0 Å². The lowest BCUT2D eigenvalue weighted by atomic mass is 9.99. The van der Waals surface area contributed by atoms with E-state index in [4.69, 9.17) is 5.73 Å². The van der Waals surface area contributed by atoms with Gasteiger partial charge < -0.3 is 5.73 Å². The molecule has 0 aliphatic rings. The van der Waals surface area contributed by atoms with Gasteiger partial charge in [-0.1, -0.05) is 20.8 Å². The fourth-order valence-electron chi connectivity index (χ4n) is 0.257. The molecule has 0 radical (unpaired) electrons. The molecule has 52 valence electrons. The van der Waals surface area contributed by atoms with Crippen LogP contribution in [0.25, 0.3) is 0 Å². The van der Waals surface area contributed by atoms with E-state index in [1.807, 2.05) is 20.8 Å². The molecule has 3 nitrogen and oxygen atoms in total. The minimum atomic E-state index is -0.634. The molecule has 3 heteroatoms. The summed E-state index contributed by atoms with van der Waals surface area (Å²) < 4.78 is 0. The van der Waals surface area contributed by atoms with E-state index in [1.54, 1.807) is 0 Å². The number of urea groups is 1. The lowest BCUT2D eigenvalue weighted by Crippen LogP contribution is -2.11. The van der Waals surface area contributed by atoms with Gasteiger partial charge >= 0.3 is 6.03 Å². The number of carbonyl (C=O) groups excluding carboxylic acids is 1. The Balaban J connectivity index is 3.86. The first-order valence-electron chi connectivity index (χ1n) is 2.76. The smallest absolute Gasteiger partial charge is 0.337 e. The van der Waals surface area contributed by atoms with Crippen LogP contribution in [0.1, 0.15) is 20.8 Å². The molecule has 2 amide bonds. The van der Waals surface area contributed by atoms with E-state index in [9.17, 15) is 4.79 Å². The molecule has 0 rings (SSSR count). The van der Waals surface area contributed by atoms with Gasteiger partial charge in [-0.2, -0.15) is 0 Å². The summed E-state index contributed by atoms with van der Waals surface area (Å²) >= 11 is 0. The predicted octanol–water partition coefficient (Wildman–Crippen LogP) is 1.18. The van der Waals surface area contributed by atoms with E-state index < -0.39 is 6.03 Å². The number of carbonyl (C=O) groups is 1. The van der Waals surface area contributed by atoms with Gasteiger partial charge in [0.15, 0.2) is 0 Å². The fraction of sp³-hybridized carbons (Fsp3) is 0.667. The maximum absolute atomic E-state index is 10.1. The quantitative estimate of drug-likeness (QED) is 0.489. The topological polar surface area (TPSA) is 55.4 Å². The molecular formula is C6H12N2O. The number of nitrogens with zero attached hydrogens (tertiary/aromatic N) is 1. The summed E-state index contributed by atoms with van der Waals surface area (Å²) in [5, 5.41) is 0. The zero-order chi connectivity index (χ0) is 7.49. The molecule has 0 aromatic carbocycles. The first-order chi connectivity index (χ1) is 3.92. The second-order valence-corrected chi connectivity index (χ2v) is 2.96. The molecule has 0 bridgehead atoms. The maximum Gasteiger partial charge on any atom is 0.337 e. The van der Waals surface area contributed by atoms with Crippen molar-refractivity contribution < 1.29 is 4.79 Å². The minimum absolute atomic E-state index is 0.0605. The van der Waals surface area contributed by atoms with Crippen molar-refractivity contribution in [1.82, 2.24) is 0 Å². The maximum atomic E-state index is 10.1. The van der Waals surface area contributed by atoms with Gasteiger partial charge in [0.05, 0.1) is 0 Å². The second kappa shape index (κ2) is 2.62. The van der Waals surface area contributed by atoms with Gasteiger partial charge in [0, 0.05) is 6.21 Å². The fourth-order valence-corrected chi connectivity index (χ4v) is 0.257. The molecule has 0 fully saturated rings. The Morgan fingerprint density at radius 1 is 1.56 bits per heavy atom. The van der Waals surface area contributed by atoms with Crippen LogP contribution in [0.3, 0.4) is 0 Å². The van der Waals surface area contributed by atoms with Gasteiger partial charge in [0.1, 0.15) is 0 Å². The third-order valence-corrected chi connectivity index (χ3v) is 0.579. The third kappa shape index (κ3) is 7.14. The Labute approximate surface area is 55.0 Å². The molecule has 0 unspecified atom stereocenters. The summed E-state index contributed by atoms with van der Waals surface area (Å²) in [4.78, 5) is 13.5. The van der Waals surface area contributed by atoms with E-state index in [1.165, 1.54) is 6.21 Å². The Morgan fingerprint density at radius 3 is 2.11 bits per heavy atom. The third-order valence-electron chi connectivity index (χ3n) is 0.579. The lowest BCUT2D eigenvalue weighted by Gasteiger charge is -2.08. The second-order valence-electron chi connectivity index (χ2n) is 2.96. The van der Waals surface area contributed by atoms with Crippen molar-refractivity contribution in [3.63, 3.8) is 0 Å². The van der Waals surface area contributed by atoms with Crippen molar-refractivity contribution in [2.75, 3.05) is 0 Å². The molecule has 2 N–H and O–H groups in total. The van der Waals surface area contributed by atoms with Crippen molar-refractivity contribution in [3.8, 4) is 0 Å². The van der Waals surface area contributed by atoms with Gasteiger partial charge in [0.2, 0.25) is 0 Å². The van der Waals surface area contributed by atoms with Crippen molar-refractivity contribution in [1.29, 1.82) is 0 Å². The van der Waals surface area contributed by atoms with E-state index >= 15 is 0 Å². The molecule has 0 aromatic heterocycles. The van der Waals surface area contributed by atoms with E-state index in [0.717, 1.165) is 0 Å². The van der Waals surface area contributed by atoms with Crippen molar-refractivity contribution in [2.24, 2.45) is 16.1 Å². The van der Waals surface area contributed by atoms with Crippen molar-refractivity contribution in [2.45, 2.75) is 20.8 Å². The molecule has 0 aliphatic carbocycles. The highest BCUT2D eigenvalue weighted by Crippen LogP contribution is 2.07. The summed E-state index contributed by atoms with van der Waals surface area (Å²) in [6.45, 7) is 5.83. The van der Waals surface area contributed by atoms with E-state index in [2.05, 4.69) is 4.99 Å². The highest BCUT2D eigenvalue weighted by atomic mass is 16.2. The number of hydrogen-bond acceptors (Lipinski definition) is 1. The van der Waals surface area contributed by atoms with Crippen LogP contribution in [0.4, 0.5) is 4.79 Å². The van der Waals surface area contributed by atoms with Gasteiger partial charge in [0.25, 0.3) is 0 Å². The normalized spacial score (nSPS) is 12.3. The van der Waals surface area contributed by atoms with E-state index in [-0.39, 0.29) is 5.41 Å². The molecule has 0 saturated carbocycles. The monoisotopic (exact) mass is 128 g/mol. The number of nitrogens with two attached hydrogens (primary N) is 1. The van der Waals surface area contributed by atoms with Gasteiger partial charge in [-0.3, -0.25) is 0 Å². The SMILES string of the molecule is CC(C)(C)C=NC(N)=O. The molecule has 0 spiro atoms. The van der Waals surface area contributed by atoms with Crippen LogP contribution in [0.15, 0.2) is 4.99 Å². The van der Waals surface area contributed by atoms with Crippen LogP contribution in [0.5, 0.6) is 0 Å². The minimum Gasteiger partial charge on any atom is -0.350 e. The summed E-state index contributed by atoms with van der Waals surface area (Å²) in [6.07, 6.45) is 1.54. The Kier molecular flexibility index (Phi) is 2.37. The Hall–Kier alpha value is -0.860. The summed E-state index contributed by atoms with van der Waals surface area (Å²) in [5.74, 6) is 0. The van der Waals surface area contributed by atoms with Gasteiger partial charge in [-0.15, -0.1) is 0 Å². The van der Waals surface area contributed by atoms with Crippen LogP contribution in [0.2, 0.25) is 0 Å². The molecule has 0 atom stereocenters. The molecule has 0 saturated heterocycles. The van der Waals surface area contributed by atoms with Crippen LogP contribution in [-0.2, 0) is 0 Å². The molecular weight excluding hydrogens is 116 g/mol. The van der Waals surface area contributed by atoms with Crippen molar-refractivity contribution in [3.05, 3.63) is 0 Å². The molecule has 9 heavy (non-hydrogen) atoms. The predicted molar refractivity (Wildman–Crippen MR) is 37.5 cm³/mol. The van der Waals surface area contributed by atoms with Crippen LogP contribution in [-0.4, -0.2) is 12.2 Å². The zero-order valence-electron chi connectivity index (χ0n) is 6.01. The van der Waals surface area contributed by atoms with Crippen LogP contribution in [0, 0.1) is 5.41 Å². The average molecular weight is 128 g/mol. The number of hydrogen-bond donors (Lipinski definition) is 1. The standard InChI is InChI=1S/C6H12N2O/c1-6(2,3)4-8-5(7)9/h4H,1-3H3,(H2,7,9). The highest BCUT2D eigenvalue weighted by molar-refractivity contribution is 5.83. The number of primary amides is 1. The van der Waals surface area contributed by atoms with Crippen LogP contribution < -0.4 is 5.73 Å². The lowest BCUT2D eigenvalue weighted by molar-refractivity contribution is 0.256. The summed E-state index contributed by atoms with van der Waals surface area (Å²) in [7, 11) is 0. The molecule has 0 aromatic rings. The van der Waals surface area contributed by atoms with E-state index in [0.29, 0.717) is 0 Å². The number of amides is 2. The summed E-state index contributed by atoms with van der Waals surface area (Å²) in [6, 6.07) is -0.634.